The average molecular weight is 207 g/mol. The number of ether oxygens (including phenoxy) is 1. The molecule has 1 aliphatic carbocycles. The van der Waals surface area contributed by atoms with Gasteiger partial charge in [0, 0.05) is 17.8 Å². The zero-order chi connectivity index (χ0) is 10.9. The van der Waals surface area contributed by atoms with E-state index in [0.717, 1.165) is 24.8 Å². The highest BCUT2D eigenvalue weighted by Crippen LogP contribution is 2.40. The number of aromatic nitrogens is 1. The topological polar surface area (TPSA) is 42.4 Å². The normalized spacial score (nSPS) is 18.7. The van der Waals surface area contributed by atoms with Crippen molar-refractivity contribution in [2.75, 3.05) is 0 Å². The number of aliphatic hydroxyl groups is 1. The minimum atomic E-state index is -0.622. The predicted octanol–water partition coefficient (Wildman–Crippen LogP) is 2.24. The maximum absolute atomic E-state index is 10.1. The maximum Gasteiger partial charge on any atom is 0.213 e. The van der Waals surface area contributed by atoms with Gasteiger partial charge in [0.15, 0.2) is 0 Å². The molecule has 0 amide bonds. The van der Waals surface area contributed by atoms with Crippen molar-refractivity contribution in [3.63, 3.8) is 0 Å². The molecule has 1 aromatic heterocycles. The zero-order valence-electron chi connectivity index (χ0n) is 9.23. The van der Waals surface area contributed by atoms with E-state index in [0.29, 0.717) is 5.88 Å². The molecule has 2 rings (SSSR count). The molecule has 0 aliphatic heterocycles. The van der Waals surface area contributed by atoms with Gasteiger partial charge in [-0.05, 0) is 39.2 Å². The lowest BCUT2D eigenvalue weighted by atomic mass is 9.76. The van der Waals surface area contributed by atoms with Crippen LogP contribution < -0.4 is 4.74 Å². The van der Waals surface area contributed by atoms with Crippen LogP contribution in [0.3, 0.4) is 0 Å². The summed E-state index contributed by atoms with van der Waals surface area (Å²) in [5.41, 5.74) is 0.286. The number of hydrogen-bond donors (Lipinski definition) is 1. The molecule has 0 bridgehead atoms. The van der Waals surface area contributed by atoms with Gasteiger partial charge in [-0.1, -0.05) is 0 Å². The van der Waals surface area contributed by atoms with Gasteiger partial charge in [-0.2, -0.15) is 0 Å². The number of pyridine rings is 1. The van der Waals surface area contributed by atoms with Crippen LogP contribution in [0.2, 0.25) is 0 Å². The molecule has 1 fully saturated rings. The second-order valence-corrected chi connectivity index (χ2v) is 4.44. The highest BCUT2D eigenvalue weighted by atomic mass is 16.5. The van der Waals surface area contributed by atoms with Crippen molar-refractivity contribution >= 4 is 0 Å². The van der Waals surface area contributed by atoms with Gasteiger partial charge in [0.1, 0.15) is 0 Å². The predicted molar refractivity (Wildman–Crippen MR) is 57.7 cm³/mol. The summed E-state index contributed by atoms with van der Waals surface area (Å²) in [6.07, 6.45) is 4.64. The molecule has 3 nitrogen and oxygen atoms in total. The van der Waals surface area contributed by atoms with Crippen LogP contribution in [-0.2, 0) is 5.60 Å². The van der Waals surface area contributed by atoms with Crippen molar-refractivity contribution in [2.45, 2.75) is 44.8 Å². The molecular formula is C12H17NO2. The Hall–Kier alpha value is -1.09. The lowest BCUT2D eigenvalue weighted by Gasteiger charge is -2.36. The molecule has 1 aliphatic rings. The van der Waals surface area contributed by atoms with Crippen LogP contribution in [-0.4, -0.2) is 16.2 Å². The van der Waals surface area contributed by atoms with Crippen molar-refractivity contribution in [3.8, 4) is 5.88 Å². The summed E-state index contributed by atoms with van der Waals surface area (Å²) < 4.78 is 5.44. The third kappa shape index (κ3) is 2.12. The van der Waals surface area contributed by atoms with Gasteiger partial charge in [-0.25, -0.2) is 4.98 Å². The van der Waals surface area contributed by atoms with Gasteiger partial charge in [0.05, 0.1) is 11.7 Å². The van der Waals surface area contributed by atoms with Crippen LogP contribution in [0.4, 0.5) is 0 Å². The van der Waals surface area contributed by atoms with E-state index in [1.54, 1.807) is 6.20 Å². The summed E-state index contributed by atoms with van der Waals surface area (Å²) in [4.78, 5) is 4.18. The van der Waals surface area contributed by atoms with Crippen molar-refractivity contribution in [1.29, 1.82) is 0 Å². The van der Waals surface area contributed by atoms with Crippen LogP contribution in [0.1, 0.15) is 38.7 Å². The molecule has 15 heavy (non-hydrogen) atoms. The zero-order valence-corrected chi connectivity index (χ0v) is 9.23. The molecule has 0 unspecified atom stereocenters. The van der Waals surface area contributed by atoms with Crippen LogP contribution in [0, 0.1) is 0 Å². The SMILES string of the molecule is CC(C)Oc1ccc(C2(O)CCC2)cn1. The lowest BCUT2D eigenvalue weighted by Crippen LogP contribution is -2.33. The van der Waals surface area contributed by atoms with Crippen LogP contribution in [0.5, 0.6) is 5.88 Å². The Labute approximate surface area is 90.1 Å². The summed E-state index contributed by atoms with van der Waals surface area (Å²) in [5.74, 6) is 0.622. The smallest absolute Gasteiger partial charge is 0.213 e. The molecule has 1 saturated carbocycles. The van der Waals surface area contributed by atoms with Gasteiger partial charge in [0.2, 0.25) is 5.88 Å². The minimum Gasteiger partial charge on any atom is -0.475 e. The van der Waals surface area contributed by atoms with E-state index >= 15 is 0 Å². The first kappa shape index (κ1) is 10.4. The Balaban J connectivity index is 2.10. The van der Waals surface area contributed by atoms with E-state index in [2.05, 4.69) is 4.98 Å². The summed E-state index contributed by atoms with van der Waals surface area (Å²) in [6.45, 7) is 3.93. The van der Waals surface area contributed by atoms with Crippen molar-refractivity contribution in [3.05, 3.63) is 23.9 Å². The van der Waals surface area contributed by atoms with E-state index in [4.69, 9.17) is 4.74 Å². The van der Waals surface area contributed by atoms with E-state index in [-0.39, 0.29) is 6.10 Å². The first-order valence-electron chi connectivity index (χ1n) is 5.46. The van der Waals surface area contributed by atoms with Gasteiger partial charge < -0.3 is 9.84 Å². The van der Waals surface area contributed by atoms with Gasteiger partial charge in [0.25, 0.3) is 0 Å². The Morgan fingerprint density at radius 1 is 1.40 bits per heavy atom. The molecule has 1 aromatic rings. The Morgan fingerprint density at radius 2 is 2.13 bits per heavy atom. The van der Waals surface area contributed by atoms with E-state index < -0.39 is 5.60 Å². The molecule has 0 spiro atoms. The Kier molecular flexibility index (Phi) is 2.65. The standard InChI is InChI=1S/C12H17NO2/c1-9(2)15-11-5-4-10(8-13-11)12(14)6-3-7-12/h4-5,8-9,14H,3,6-7H2,1-2H3. The Bertz CT molecular complexity index is 328. The lowest BCUT2D eigenvalue weighted by molar-refractivity contribution is -0.0391. The second-order valence-electron chi connectivity index (χ2n) is 4.44. The highest BCUT2D eigenvalue weighted by Gasteiger charge is 2.36. The average Bonchev–Trinajstić information content (AvgIpc) is 2.14. The van der Waals surface area contributed by atoms with Gasteiger partial charge >= 0.3 is 0 Å². The monoisotopic (exact) mass is 207 g/mol. The summed E-state index contributed by atoms with van der Waals surface area (Å²) in [7, 11) is 0. The molecule has 1 heterocycles. The largest absolute Gasteiger partial charge is 0.475 e. The number of rotatable bonds is 3. The van der Waals surface area contributed by atoms with Crippen molar-refractivity contribution < 1.29 is 9.84 Å². The summed E-state index contributed by atoms with van der Waals surface area (Å²) in [5, 5.41) is 10.1. The second kappa shape index (κ2) is 3.81. The fourth-order valence-corrected chi connectivity index (χ4v) is 1.77. The molecule has 0 aromatic carbocycles. The quantitative estimate of drug-likeness (QED) is 0.826. The van der Waals surface area contributed by atoms with Crippen LogP contribution in [0.25, 0.3) is 0 Å². The molecule has 0 saturated heterocycles. The number of hydrogen-bond acceptors (Lipinski definition) is 3. The summed E-state index contributed by atoms with van der Waals surface area (Å²) in [6, 6.07) is 3.73. The third-order valence-electron chi connectivity index (χ3n) is 2.81. The summed E-state index contributed by atoms with van der Waals surface area (Å²) >= 11 is 0. The fraction of sp³-hybridized carbons (Fsp3) is 0.583. The third-order valence-corrected chi connectivity index (χ3v) is 2.81. The molecule has 1 N–H and O–H groups in total. The fourth-order valence-electron chi connectivity index (χ4n) is 1.77. The number of nitrogens with zero attached hydrogens (tertiary/aromatic N) is 1. The molecule has 0 atom stereocenters. The van der Waals surface area contributed by atoms with E-state index in [9.17, 15) is 5.11 Å². The van der Waals surface area contributed by atoms with Crippen LogP contribution >= 0.6 is 0 Å². The highest BCUT2D eigenvalue weighted by molar-refractivity contribution is 5.25. The first-order valence-corrected chi connectivity index (χ1v) is 5.46. The first-order chi connectivity index (χ1) is 7.10. The minimum absolute atomic E-state index is 0.134. The molecule has 3 heteroatoms. The van der Waals surface area contributed by atoms with E-state index in [1.165, 1.54) is 0 Å². The molecule has 0 radical (unpaired) electrons. The van der Waals surface area contributed by atoms with Gasteiger partial charge in [-0.3, -0.25) is 0 Å². The maximum atomic E-state index is 10.1. The van der Waals surface area contributed by atoms with E-state index in [1.807, 2.05) is 26.0 Å². The van der Waals surface area contributed by atoms with Crippen molar-refractivity contribution in [2.24, 2.45) is 0 Å². The van der Waals surface area contributed by atoms with Crippen molar-refractivity contribution in [1.82, 2.24) is 4.98 Å². The van der Waals surface area contributed by atoms with Crippen LogP contribution in [0.15, 0.2) is 18.3 Å². The molecular weight excluding hydrogens is 190 g/mol. The Morgan fingerprint density at radius 3 is 2.53 bits per heavy atom. The van der Waals surface area contributed by atoms with Gasteiger partial charge in [-0.15, -0.1) is 0 Å². The molecule has 82 valence electrons.